The van der Waals surface area contributed by atoms with E-state index in [2.05, 4.69) is 21.2 Å². The standard InChI is InChI=1S/C11H10BrClF3NO/c1-6(13)5-17-10(18)8-3-2-7(12)4-9(8)11(14,15)16/h2-4,6H,5H2,1H3,(H,17,18). The number of carbonyl (C=O) groups is 1. The Bertz CT molecular complexity index is 448. The van der Waals surface area contributed by atoms with Gasteiger partial charge in [0.05, 0.1) is 11.1 Å². The van der Waals surface area contributed by atoms with E-state index in [1.807, 2.05) is 0 Å². The van der Waals surface area contributed by atoms with Crippen molar-refractivity contribution in [2.75, 3.05) is 6.54 Å². The van der Waals surface area contributed by atoms with Crippen LogP contribution in [0.1, 0.15) is 22.8 Å². The molecule has 1 rings (SSSR count). The molecule has 2 nitrogen and oxygen atoms in total. The minimum absolute atomic E-state index is 0.105. The third kappa shape index (κ3) is 4.17. The minimum Gasteiger partial charge on any atom is -0.351 e. The lowest BCUT2D eigenvalue weighted by Crippen LogP contribution is -2.30. The summed E-state index contributed by atoms with van der Waals surface area (Å²) in [7, 11) is 0. The van der Waals surface area contributed by atoms with Gasteiger partial charge in [0.1, 0.15) is 0 Å². The Morgan fingerprint density at radius 1 is 1.50 bits per heavy atom. The van der Waals surface area contributed by atoms with Crippen molar-refractivity contribution < 1.29 is 18.0 Å². The van der Waals surface area contributed by atoms with Crippen molar-refractivity contribution in [3.05, 3.63) is 33.8 Å². The van der Waals surface area contributed by atoms with Crippen molar-refractivity contribution in [3.63, 3.8) is 0 Å². The molecule has 0 radical (unpaired) electrons. The lowest BCUT2D eigenvalue weighted by atomic mass is 10.1. The van der Waals surface area contributed by atoms with Crippen LogP contribution in [0.25, 0.3) is 0 Å². The molecule has 18 heavy (non-hydrogen) atoms. The molecule has 7 heteroatoms. The quantitative estimate of drug-likeness (QED) is 0.830. The van der Waals surface area contributed by atoms with E-state index in [-0.39, 0.29) is 16.4 Å². The molecule has 1 aromatic rings. The van der Waals surface area contributed by atoms with Crippen LogP contribution < -0.4 is 5.32 Å². The van der Waals surface area contributed by atoms with Crippen molar-refractivity contribution in [2.45, 2.75) is 18.5 Å². The first-order valence-electron chi connectivity index (χ1n) is 5.01. The van der Waals surface area contributed by atoms with Crippen LogP contribution in [0.15, 0.2) is 22.7 Å². The van der Waals surface area contributed by atoms with Gasteiger partial charge >= 0.3 is 6.18 Å². The summed E-state index contributed by atoms with van der Waals surface area (Å²) >= 11 is 8.57. The van der Waals surface area contributed by atoms with E-state index in [0.29, 0.717) is 0 Å². The molecular formula is C11H10BrClF3NO. The summed E-state index contributed by atoms with van der Waals surface area (Å²) in [5.41, 5.74) is -1.39. The lowest BCUT2D eigenvalue weighted by molar-refractivity contribution is -0.138. The topological polar surface area (TPSA) is 29.1 Å². The molecule has 0 heterocycles. The number of benzene rings is 1. The second-order valence-corrected chi connectivity index (χ2v) is 5.34. The van der Waals surface area contributed by atoms with E-state index in [9.17, 15) is 18.0 Å². The Balaban J connectivity index is 3.05. The molecule has 1 amide bonds. The Labute approximate surface area is 116 Å². The first-order valence-corrected chi connectivity index (χ1v) is 6.23. The molecule has 1 N–H and O–H groups in total. The molecule has 0 spiro atoms. The zero-order valence-electron chi connectivity index (χ0n) is 9.31. The third-order valence-electron chi connectivity index (χ3n) is 2.08. The van der Waals surface area contributed by atoms with Crippen molar-refractivity contribution >= 4 is 33.4 Å². The first-order chi connectivity index (χ1) is 8.21. The molecule has 1 aromatic carbocycles. The highest BCUT2D eigenvalue weighted by Gasteiger charge is 2.35. The maximum atomic E-state index is 12.8. The van der Waals surface area contributed by atoms with Gasteiger partial charge < -0.3 is 5.32 Å². The van der Waals surface area contributed by atoms with Crippen LogP contribution in [-0.2, 0) is 6.18 Å². The molecule has 100 valence electrons. The fourth-order valence-electron chi connectivity index (χ4n) is 1.28. The van der Waals surface area contributed by atoms with Gasteiger partial charge in [0, 0.05) is 16.4 Å². The molecule has 0 aliphatic rings. The number of hydrogen-bond donors (Lipinski definition) is 1. The van der Waals surface area contributed by atoms with E-state index < -0.39 is 23.2 Å². The number of hydrogen-bond acceptors (Lipinski definition) is 1. The highest BCUT2D eigenvalue weighted by molar-refractivity contribution is 9.10. The summed E-state index contributed by atoms with van der Waals surface area (Å²) in [5, 5.41) is 2.00. The summed E-state index contributed by atoms with van der Waals surface area (Å²) in [4.78, 5) is 11.6. The second kappa shape index (κ2) is 5.93. The van der Waals surface area contributed by atoms with Gasteiger partial charge in [-0.1, -0.05) is 15.9 Å². The van der Waals surface area contributed by atoms with Gasteiger partial charge in [-0.15, -0.1) is 11.6 Å². The van der Waals surface area contributed by atoms with Gasteiger partial charge in [-0.05, 0) is 25.1 Å². The number of carbonyl (C=O) groups excluding carboxylic acids is 1. The number of amides is 1. The Hall–Kier alpha value is -0.750. The normalized spacial score (nSPS) is 13.2. The number of nitrogens with one attached hydrogen (secondary N) is 1. The summed E-state index contributed by atoms with van der Waals surface area (Å²) in [5.74, 6) is -0.790. The zero-order chi connectivity index (χ0) is 13.9. The molecule has 0 aliphatic carbocycles. The Kier molecular flexibility index (Phi) is 5.04. The molecule has 1 atom stereocenters. The highest BCUT2D eigenvalue weighted by Crippen LogP contribution is 2.33. The third-order valence-corrected chi connectivity index (χ3v) is 2.72. The van der Waals surface area contributed by atoms with Gasteiger partial charge in [-0.25, -0.2) is 0 Å². The van der Waals surface area contributed by atoms with Crippen LogP contribution in [0.3, 0.4) is 0 Å². The predicted octanol–water partition coefficient (Wildman–Crippen LogP) is 3.83. The summed E-state index contributed by atoms with van der Waals surface area (Å²) in [6.07, 6.45) is -4.58. The monoisotopic (exact) mass is 343 g/mol. The summed E-state index contributed by atoms with van der Waals surface area (Å²) in [6.45, 7) is 1.74. The van der Waals surface area contributed by atoms with E-state index in [0.717, 1.165) is 12.1 Å². The number of alkyl halides is 4. The van der Waals surface area contributed by atoms with Crippen molar-refractivity contribution in [1.29, 1.82) is 0 Å². The van der Waals surface area contributed by atoms with Crippen LogP contribution in [0.4, 0.5) is 13.2 Å². The zero-order valence-corrected chi connectivity index (χ0v) is 11.7. The largest absolute Gasteiger partial charge is 0.417 e. The van der Waals surface area contributed by atoms with E-state index in [4.69, 9.17) is 11.6 Å². The smallest absolute Gasteiger partial charge is 0.351 e. The van der Waals surface area contributed by atoms with Gasteiger partial charge in [0.15, 0.2) is 0 Å². The second-order valence-electron chi connectivity index (χ2n) is 3.68. The highest BCUT2D eigenvalue weighted by atomic mass is 79.9. The molecule has 1 unspecified atom stereocenters. The molecule has 0 saturated carbocycles. The van der Waals surface area contributed by atoms with Crippen LogP contribution in [0.5, 0.6) is 0 Å². The van der Waals surface area contributed by atoms with Gasteiger partial charge in [0.25, 0.3) is 5.91 Å². The average Bonchev–Trinajstić information content (AvgIpc) is 2.24. The Morgan fingerprint density at radius 3 is 2.61 bits per heavy atom. The molecular weight excluding hydrogens is 334 g/mol. The van der Waals surface area contributed by atoms with Gasteiger partial charge in [-0.2, -0.15) is 13.2 Å². The summed E-state index contributed by atoms with van der Waals surface area (Å²) < 4.78 is 38.5. The van der Waals surface area contributed by atoms with E-state index in [1.54, 1.807) is 6.92 Å². The van der Waals surface area contributed by atoms with Gasteiger partial charge in [-0.3, -0.25) is 4.79 Å². The molecule has 0 aromatic heterocycles. The molecule has 0 saturated heterocycles. The average molecular weight is 345 g/mol. The van der Waals surface area contributed by atoms with E-state index >= 15 is 0 Å². The first kappa shape index (κ1) is 15.3. The number of halogens is 5. The van der Waals surface area contributed by atoms with Gasteiger partial charge in [0.2, 0.25) is 0 Å². The predicted molar refractivity (Wildman–Crippen MR) is 66.8 cm³/mol. The fourth-order valence-corrected chi connectivity index (χ4v) is 1.72. The lowest BCUT2D eigenvalue weighted by Gasteiger charge is -2.13. The SMILES string of the molecule is CC(Cl)CNC(=O)c1ccc(Br)cc1C(F)(F)F. The van der Waals surface area contributed by atoms with E-state index in [1.165, 1.54) is 6.07 Å². The number of rotatable bonds is 3. The maximum absolute atomic E-state index is 12.8. The minimum atomic E-state index is -4.58. The van der Waals surface area contributed by atoms with Crippen LogP contribution in [0, 0.1) is 0 Å². The Morgan fingerprint density at radius 2 is 2.11 bits per heavy atom. The van der Waals surface area contributed by atoms with Crippen molar-refractivity contribution in [1.82, 2.24) is 5.32 Å². The van der Waals surface area contributed by atoms with Crippen LogP contribution >= 0.6 is 27.5 Å². The molecule has 0 aliphatic heterocycles. The van der Waals surface area contributed by atoms with Crippen molar-refractivity contribution in [3.8, 4) is 0 Å². The molecule has 0 bridgehead atoms. The summed E-state index contributed by atoms with van der Waals surface area (Å²) in [6, 6.07) is 3.38. The maximum Gasteiger partial charge on any atom is 0.417 e. The van der Waals surface area contributed by atoms with Crippen LogP contribution in [-0.4, -0.2) is 17.8 Å². The van der Waals surface area contributed by atoms with Crippen LogP contribution in [0.2, 0.25) is 0 Å². The van der Waals surface area contributed by atoms with Crippen molar-refractivity contribution in [2.24, 2.45) is 0 Å². The fraction of sp³-hybridized carbons (Fsp3) is 0.364. The molecule has 0 fully saturated rings.